The van der Waals surface area contributed by atoms with Crippen molar-refractivity contribution in [1.29, 1.82) is 0 Å². The molecule has 1 fully saturated rings. The molecule has 5 heteroatoms. The van der Waals surface area contributed by atoms with Crippen molar-refractivity contribution in [2.75, 3.05) is 23.3 Å². The molecule has 0 saturated carbocycles. The summed E-state index contributed by atoms with van der Waals surface area (Å²) in [5.41, 5.74) is 1.01. The number of piperidine rings is 1. The maximum Gasteiger partial charge on any atom is 0.136 e. The Morgan fingerprint density at radius 2 is 2.05 bits per heavy atom. The summed E-state index contributed by atoms with van der Waals surface area (Å²) in [5.74, 6) is 1.97. The quantitative estimate of drug-likeness (QED) is 0.915. The SMILES string of the molecule is Brc1ccoc1CNc1ccc(N2CCCCC2)nc1. The topological polar surface area (TPSA) is 41.3 Å². The molecule has 0 aromatic carbocycles. The molecule has 0 aliphatic carbocycles. The van der Waals surface area contributed by atoms with E-state index in [0.717, 1.165) is 34.8 Å². The van der Waals surface area contributed by atoms with Crippen LogP contribution in [0.4, 0.5) is 11.5 Å². The van der Waals surface area contributed by atoms with Crippen LogP contribution >= 0.6 is 15.9 Å². The van der Waals surface area contributed by atoms with Gasteiger partial charge in [0.25, 0.3) is 0 Å². The molecule has 2 aromatic rings. The van der Waals surface area contributed by atoms with E-state index in [0.29, 0.717) is 6.54 Å². The fourth-order valence-corrected chi connectivity index (χ4v) is 2.78. The first kappa shape index (κ1) is 13.5. The molecule has 3 rings (SSSR count). The van der Waals surface area contributed by atoms with E-state index in [4.69, 9.17) is 4.42 Å². The maximum absolute atomic E-state index is 5.37. The zero-order valence-electron chi connectivity index (χ0n) is 11.3. The largest absolute Gasteiger partial charge is 0.466 e. The highest BCUT2D eigenvalue weighted by atomic mass is 79.9. The first-order chi connectivity index (χ1) is 9.83. The minimum absolute atomic E-state index is 0.651. The van der Waals surface area contributed by atoms with Gasteiger partial charge in [-0.1, -0.05) is 0 Å². The lowest BCUT2D eigenvalue weighted by Crippen LogP contribution is -2.30. The highest BCUT2D eigenvalue weighted by molar-refractivity contribution is 9.10. The van der Waals surface area contributed by atoms with Crippen LogP contribution in [0.1, 0.15) is 25.0 Å². The Kier molecular flexibility index (Phi) is 4.25. The second kappa shape index (κ2) is 6.31. The highest BCUT2D eigenvalue weighted by Crippen LogP contribution is 2.21. The molecule has 1 saturated heterocycles. The Morgan fingerprint density at radius 1 is 1.20 bits per heavy atom. The normalized spacial score (nSPS) is 15.3. The van der Waals surface area contributed by atoms with Crippen molar-refractivity contribution in [2.45, 2.75) is 25.8 Å². The Balaban J connectivity index is 1.59. The highest BCUT2D eigenvalue weighted by Gasteiger charge is 2.11. The second-order valence-electron chi connectivity index (χ2n) is 5.00. The van der Waals surface area contributed by atoms with Crippen molar-refractivity contribution >= 4 is 27.4 Å². The lowest BCUT2D eigenvalue weighted by atomic mass is 10.1. The lowest BCUT2D eigenvalue weighted by molar-refractivity contribution is 0.516. The van der Waals surface area contributed by atoms with Crippen molar-refractivity contribution in [3.8, 4) is 0 Å². The molecular formula is C15H18BrN3O. The Morgan fingerprint density at radius 3 is 2.70 bits per heavy atom. The molecule has 0 spiro atoms. The summed E-state index contributed by atoms with van der Waals surface area (Å²) in [6, 6.07) is 6.06. The molecule has 2 aromatic heterocycles. The summed E-state index contributed by atoms with van der Waals surface area (Å²) in [6.45, 7) is 2.90. The fourth-order valence-electron chi connectivity index (χ4n) is 2.43. The molecule has 0 atom stereocenters. The van der Waals surface area contributed by atoms with Crippen LogP contribution in [0, 0.1) is 0 Å². The van der Waals surface area contributed by atoms with Gasteiger partial charge in [0.2, 0.25) is 0 Å². The predicted molar refractivity (Wildman–Crippen MR) is 84.0 cm³/mol. The van der Waals surface area contributed by atoms with E-state index in [1.165, 1.54) is 19.3 Å². The first-order valence-corrected chi connectivity index (χ1v) is 7.79. The van der Waals surface area contributed by atoms with Gasteiger partial charge in [-0.05, 0) is 53.4 Å². The molecule has 1 aliphatic rings. The van der Waals surface area contributed by atoms with Gasteiger partial charge in [0.05, 0.1) is 29.2 Å². The van der Waals surface area contributed by atoms with Crippen molar-refractivity contribution in [2.24, 2.45) is 0 Å². The third-order valence-electron chi connectivity index (χ3n) is 3.57. The second-order valence-corrected chi connectivity index (χ2v) is 5.85. The molecule has 0 amide bonds. The number of anilines is 2. The average Bonchev–Trinajstić information content (AvgIpc) is 2.92. The molecule has 1 N–H and O–H groups in total. The van der Waals surface area contributed by atoms with Gasteiger partial charge in [0.1, 0.15) is 11.6 Å². The molecule has 0 unspecified atom stereocenters. The summed E-state index contributed by atoms with van der Waals surface area (Å²) in [5, 5.41) is 3.31. The molecule has 0 radical (unpaired) electrons. The summed E-state index contributed by atoms with van der Waals surface area (Å²) < 4.78 is 6.36. The predicted octanol–water partition coefficient (Wildman–Crippen LogP) is 4.04. The maximum atomic E-state index is 5.37. The zero-order valence-corrected chi connectivity index (χ0v) is 12.9. The summed E-state index contributed by atoms with van der Waals surface area (Å²) in [7, 11) is 0. The van der Waals surface area contributed by atoms with Crippen molar-refractivity contribution in [3.63, 3.8) is 0 Å². The van der Waals surface area contributed by atoms with E-state index < -0.39 is 0 Å². The number of rotatable bonds is 4. The van der Waals surface area contributed by atoms with Crippen LogP contribution in [0.5, 0.6) is 0 Å². The Bertz CT molecular complexity index is 547. The Labute approximate surface area is 127 Å². The number of hydrogen-bond donors (Lipinski definition) is 1. The van der Waals surface area contributed by atoms with Crippen molar-refractivity contribution in [3.05, 3.63) is 40.9 Å². The molecule has 1 aliphatic heterocycles. The van der Waals surface area contributed by atoms with Gasteiger partial charge < -0.3 is 14.6 Å². The van der Waals surface area contributed by atoms with E-state index in [-0.39, 0.29) is 0 Å². The van der Waals surface area contributed by atoms with Gasteiger partial charge in [0, 0.05) is 13.1 Å². The smallest absolute Gasteiger partial charge is 0.136 e. The summed E-state index contributed by atoms with van der Waals surface area (Å²) in [4.78, 5) is 6.90. The fraction of sp³-hybridized carbons (Fsp3) is 0.400. The molecule has 106 valence electrons. The van der Waals surface area contributed by atoms with Gasteiger partial charge >= 0.3 is 0 Å². The van der Waals surface area contributed by atoms with E-state index in [1.807, 2.05) is 12.3 Å². The number of nitrogens with one attached hydrogen (secondary N) is 1. The number of aromatic nitrogens is 1. The number of halogens is 1. The van der Waals surface area contributed by atoms with E-state index >= 15 is 0 Å². The van der Waals surface area contributed by atoms with Gasteiger partial charge in [0.15, 0.2) is 0 Å². The van der Waals surface area contributed by atoms with Gasteiger partial charge in [-0.15, -0.1) is 0 Å². The summed E-state index contributed by atoms with van der Waals surface area (Å²) >= 11 is 3.45. The van der Waals surface area contributed by atoms with Gasteiger partial charge in [-0.25, -0.2) is 4.98 Å². The van der Waals surface area contributed by atoms with Crippen LogP contribution in [-0.4, -0.2) is 18.1 Å². The van der Waals surface area contributed by atoms with Crippen LogP contribution in [-0.2, 0) is 6.54 Å². The summed E-state index contributed by atoms with van der Waals surface area (Å²) in [6.07, 6.45) is 7.45. The molecular weight excluding hydrogens is 318 g/mol. The molecule has 20 heavy (non-hydrogen) atoms. The Hall–Kier alpha value is -1.49. The van der Waals surface area contributed by atoms with Gasteiger partial charge in [-0.3, -0.25) is 0 Å². The van der Waals surface area contributed by atoms with Gasteiger partial charge in [-0.2, -0.15) is 0 Å². The minimum atomic E-state index is 0.651. The van der Waals surface area contributed by atoms with Crippen LogP contribution in [0.2, 0.25) is 0 Å². The van der Waals surface area contributed by atoms with Crippen LogP contribution in [0.3, 0.4) is 0 Å². The molecule has 3 heterocycles. The van der Waals surface area contributed by atoms with E-state index in [2.05, 4.69) is 43.3 Å². The molecule has 4 nitrogen and oxygen atoms in total. The van der Waals surface area contributed by atoms with Crippen LogP contribution < -0.4 is 10.2 Å². The third-order valence-corrected chi connectivity index (χ3v) is 4.28. The molecule has 0 bridgehead atoms. The number of pyridine rings is 1. The monoisotopic (exact) mass is 335 g/mol. The zero-order chi connectivity index (χ0) is 13.8. The van der Waals surface area contributed by atoms with E-state index in [9.17, 15) is 0 Å². The average molecular weight is 336 g/mol. The minimum Gasteiger partial charge on any atom is -0.466 e. The van der Waals surface area contributed by atoms with Crippen LogP contribution in [0.15, 0.2) is 39.5 Å². The van der Waals surface area contributed by atoms with Crippen molar-refractivity contribution in [1.82, 2.24) is 4.98 Å². The third kappa shape index (κ3) is 3.15. The number of hydrogen-bond acceptors (Lipinski definition) is 4. The van der Waals surface area contributed by atoms with E-state index in [1.54, 1.807) is 6.26 Å². The lowest BCUT2D eigenvalue weighted by Gasteiger charge is -2.27. The van der Waals surface area contributed by atoms with Crippen LogP contribution in [0.25, 0.3) is 0 Å². The number of furan rings is 1. The number of nitrogens with zero attached hydrogens (tertiary/aromatic N) is 2. The van der Waals surface area contributed by atoms with Crippen molar-refractivity contribution < 1.29 is 4.42 Å². The first-order valence-electron chi connectivity index (χ1n) is 7.00. The standard InChI is InChI=1S/C15H18BrN3O/c16-13-6-9-20-14(13)11-17-12-4-5-15(18-10-12)19-7-2-1-3-8-19/h4-6,9-10,17H,1-3,7-8,11H2.